The van der Waals surface area contributed by atoms with Gasteiger partial charge in [-0.3, -0.25) is 9.59 Å². The van der Waals surface area contributed by atoms with Crippen molar-refractivity contribution in [2.24, 2.45) is 5.92 Å². The van der Waals surface area contributed by atoms with E-state index in [1.54, 1.807) is 0 Å². The number of halogens is 3. The summed E-state index contributed by atoms with van der Waals surface area (Å²) >= 11 is 0. The van der Waals surface area contributed by atoms with Crippen LogP contribution in [0.25, 0.3) is 16.9 Å². The van der Waals surface area contributed by atoms with Crippen LogP contribution >= 0.6 is 0 Å². The summed E-state index contributed by atoms with van der Waals surface area (Å²) < 4.78 is 69.5. The second kappa shape index (κ2) is 9.71. The summed E-state index contributed by atoms with van der Waals surface area (Å²) in [5, 5.41) is 16.5. The van der Waals surface area contributed by atoms with Crippen LogP contribution in [0.15, 0.2) is 29.3 Å². The van der Waals surface area contributed by atoms with E-state index in [9.17, 15) is 36.3 Å². The van der Waals surface area contributed by atoms with E-state index in [1.165, 1.54) is 22.8 Å². The Balaban J connectivity index is 1.60. The van der Waals surface area contributed by atoms with Crippen molar-refractivity contribution in [3.05, 3.63) is 41.1 Å². The average Bonchev–Trinajstić information content (AvgIpc) is 3.62. The number of benzene rings is 1. The van der Waals surface area contributed by atoms with Crippen LogP contribution in [0.3, 0.4) is 0 Å². The Morgan fingerprint density at radius 1 is 1.30 bits per heavy atom. The summed E-state index contributed by atoms with van der Waals surface area (Å²) in [5.74, 6) is -1.62. The highest BCUT2D eigenvalue weighted by atomic mass is 32.2. The normalized spacial score (nSPS) is 17.2. The zero-order valence-corrected chi connectivity index (χ0v) is 22.2. The number of nitrogens with two attached hydrogens (primary N) is 1. The molecule has 2 atom stereocenters. The van der Waals surface area contributed by atoms with Gasteiger partial charge in [0.05, 0.1) is 28.8 Å². The maximum Gasteiger partial charge on any atom is 0.408 e. The highest BCUT2D eigenvalue weighted by molar-refractivity contribution is 7.89. The third kappa shape index (κ3) is 4.75. The van der Waals surface area contributed by atoms with Crippen molar-refractivity contribution in [3.63, 3.8) is 0 Å². The molecule has 5 N–H and O–H groups in total. The first kappa shape index (κ1) is 27.8. The zero-order valence-electron chi connectivity index (χ0n) is 21.4. The molecule has 16 heteroatoms. The third-order valence-corrected chi connectivity index (χ3v) is 8.68. The molecule has 214 valence electrons. The van der Waals surface area contributed by atoms with Crippen molar-refractivity contribution >= 4 is 33.3 Å². The summed E-state index contributed by atoms with van der Waals surface area (Å²) in [6, 6.07) is 1.40. The fourth-order valence-corrected chi connectivity index (χ4v) is 5.76. The van der Waals surface area contributed by atoms with Gasteiger partial charge in [0.1, 0.15) is 11.6 Å². The van der Waals surface area contributed by atoms with Gasteiger partial charge in [-0.1, -0.05) is 0 Å². The molecule has 0 spiro atoms. The SMILES string of the molecule is CNS(=O)(=O)c1cc(-c2ccn3nc(N)c(C(=O)N[C@@H](CO)C4CC4)c3n2)cc2c1C(=O)N([C@@H](C)C(F)(F)F)C2. The molecule has 1 saturated carbocycles. The molecule has 0 saturated heterocycles. The molecule has 1 aliphatic heterocycles. The molecule has 40 heavy (non-hydrogen) atoms. The lowest BCUT2D eigenvalue weighted by molar-refractivity contribution is -0.172. The Morgan fingerprint density at radius 3 is 2.60 bits per heavy atom. The second-order valence-electron chi connectivity index (χ2n) is 9.81. The predicted molar refractivity (Wildman–Crippen MR) is 136 cm³/mol. The minimum atomic E-state index is -4.72. The van der Waals surface area contributed by atoms with Gasteiger partial charge in [0.25, 0.3) is 11.8 Å². The van der Waals surface area contributed by atoms with E-state index in [0.29, 0.717) is 4.90 Å². The standard InChI is InChI=1S/C24H26F3N7O5S/c1-11(24(25,26)27)33-9-14-7-13(8-17(18(14)23(33)37)40(38,39)29-2)15-5-6-34-21(30-15)19(20(28)32-34)22(36)31-16(10-35)12-3-4-12/h5-8,11-12,16,29,35H,3-4,9-10H2,1-2H3,(H2,28,32)(H,31,36)/t11-,16-/m0/s1. The Hall–Kier alpha value is -3.76. The number of carbonyl (C=O) groups is 2. The topological polar surface area (TPSA) is 172 Å². The molecule has 2 aliphatic rings. The number of hydrogen-bond donors (Lipinski definition) is 4. The number of nitrogen functional groups attached to an aromatic ring is 1. The lowest BCUT2D eigenvalue weighted by Gasteiger charge is -2.26. The van der Waals surface area contributed by atoms with Gasteiger partial charge in [0.15, 0.2) is 11.5 Å². The first-order valence-electron chi connectivity index (χ1n) is 12.3. The molecule has 3 heterocycles. The predicted octanol–water partition coefficient (Wildman–Crippen LogP) is 1.29. The van der Waals surface area contributed by atoms with Crippen LogP contribution in [-0.4, -0.2) is 76.8 Å². The van der Waals surface area contributed by atoms with Crippen molar-refractivity contribution in [2.75, 3.05) is 19.4 Å². The number of fused-ring (bicyclic) bond motifs is 2. The van der Waals surface area contributed by atoms with Gasteiger partial charge in [-0.05, 0) is 56.5 Å². The summed E-state index contributed by atoms with van der Waals surface area (Å²) in [6.45, 7) is 0.108. The molecular weight excluding hydrogens is 555 g/mol. The van der Waals surface area contributed by atoms with Gasteiger partial charge >= 0.3 is 6.18 Å². The second-order valence-corrected chi connectivity index (χ2v) is 11.7. The van der Waals surface area contributed by atoms with Gasteiger partial charge in [-0.25, -0.2) is 22.6 Å². The molecule has 1 aliphatic carbocycles. The summed E-state index contributed by atoms with van der Waals surface area (Å²) in [5.41, 5.74) is 6.07. The Kier molecular flexibility index (Phi) is 6.74. The van der Waals surface area contributed by atoms with E-state index in [1.807, 2.05) is 0 Å². The fraction of sp³-hybridized carbons (Fsp3) is 0.417. The van der Waals surface area contributed by atoms with Crippen molar-refractivity contribution in [2.45, 2.75) is 49.5 Å². The number of alkyl halides is 3. The Labute approximate surface area is 226 Å². The van der Waals surface area contributed by atoms with Crippen molar-refractivity contribution in [1.29, 1.82) is 0 Å². The number of nitrogens with zero attached hydrogens (tertiary/aromatic N) is 4. The number of amides is 2. The molecule has 0 bridgehead atoms. The van der Waals surface area contributed by atoms with Gasteiger partial charge in [0, 0.05) is 18.3 Å². The van der Waals surface area contributed by atoms with E-state index in [0.717, 1.165) is 32.9 Å². The molecule has 0 radical (unpaired) electrons. The molecular formula is C24H26F3N7O5S. The molecule has 1 fully saturated rings. The fourth-order valence-electron chi connectivity index (χ4n) is 4.78. The summed E-state index contributed by atoms with van der Waals surface area (Å²) in [7, 11) is -3.16. The largest absolute Gasteiger partial charge is 0.408 e. The monoisotopic (exact) mass is 581 g/mol. The third-order valence-electron chi connectivity index (χ3n) is 7.24. The van der Waals surface area contributed by atoms with Gasteiger partial charge in [-0.15, -0.1) is 5.10 Å². The lowest BCUT2D eigenvalue weighted by atomic mass is 10.0. The molecule has 3 aromatic rings. The van der Waals surface area contributed by atoms with E-state index in [4.69, 9.17) is 5.73 Å². The number of aliphatic hydroxyl groups is 1. The van der Waals surface area contributed by atoms with Gasteiger partial charge in [-0.2, -0.15) is 13.2 Å². The van der Waals surface area contributed by atoms with Crippen LogP contribution in [0.5, 0.6) is 0 Å². The minimum Gasteiger partial charge on any atom is -0.394 e. The van der Waals surface area contributed by atoms with Crippen molar-refractivity contribution < 1.29 is 36.3 Å². The molecule has 2 aromatic heterocycles. The van der Waals surface area contributed by atoms with Crippen LogP contribution in [0.4, 0.5) is 19.0 Å². The number of carbonyl (C=O) groups excluding carboxylic acids is 2. The lowest BCUT2D eigenvalue weighted by Crippen LogP contribution is -2.43. The van der Waals surface area contributed by atoms with Crippen LogP contribution in [0, 0.1) is 5.92 Å². The quantitative estimate of drug-likeness (QED) is 0.308. The molecule has 5 rings (SSSR count). The van der Waals surface area contributed by atoms with Crippen LogP contribution in [0.2, 0.25) is 0 Å². The van der Waals surface area contributed by atoms with Gasteiger partial charge in [0.2, 0.25) is 10.0 Å². The number of sulfonamides is 1. The smallest absolute Gasteiger partial charge is 0.394 e. The van der Waals surface area contributed by atoms with E-state index >= 15 is 0 Å². The van der Waals surface area contributed by atoms with Crippen LogP contribution in [-0.2, 0) is 16.6 Å². The average molecular weight is 582 g/mol. The number of rotatable bonds is 8. The van der Waals surface area contributed by atoms with E-state index in [-0.39, 0.29) is 51.9 Å². The van der Waals surface area contributed by atoms with Crippen molar-refractivity contribution in [3.8, 4) is 11.3 Å². The number of aromatic nitrogens is 3. The molecule has 12 nitrogen and oxygen atoms in total. The first-order valence-corrected chi connectivity index (χ1v) is 13.8. The first-order chi connectivity index (χ1) is 18.8. The Bertz CT molecular complexity index is 1640. The number of hydrogen-bond acceptors (Lipinski definition) is 8. The number of anilines is 1. The maximum absolute atomic E-state index is 13.4. The summed E-state index contributed by atoms with van der Waals surface area (Å²) in [4.78, 5) is 30.6. The summed E-state index contributed by atoms with van der Waals surface area (Å²) in [6.07, 6.45) is -1.54. The number of nitrogens with one attached hydrogen (secondary N) is 2. The highest BCUT2D eigenvalue weighted by Crippen LogP contribution is 2.38. The highest BCUT2D eigenvalue weighted by Gasteiger charge is 2.46. The molecule has 2 amide bonds. The minimum absolute atomic E-state index is 0.0434. The molecule has 1 aromatic carbocycles. The maximum atomic E-state index is 13.4. The number of aliphatic hydroxyl groups excluding tert-OH is 1. The van der Waals surface area contributed by atoms with Crippen LogP contribution < -0.4 is 15.8 Å². The van der Waals surface area contributed by atoms with Crippen molar-refractivity contribution in [1.82, 2.24) is 29.5 Å². The molecule has 0 unspecified atom stereocenters. The van der Waals surface area contributed by atoms with Crippen LogP contribution in [0.1, 0.15) is 46.0 Å². The van der Waals surface area contributed by atoms with Gasteiger partial charge < -0.3 is 21.1 Å². The van der Waals surface area contributed by atoms with E-state index < -0.39 is 51.5 Å². The zero-order chi connectivity index (χ0) is 29.1. The van der Waals surface area contributed by atoms with E-state index in [2.05, 4.69) is 20.1 Å². The Morgan fingerprint density at radius 2 is 2.00 bits per heavy atom.